The van der Waals surface area contributed by atoms with Crippen LogP contribution in [0.3, 0.4) is 0 Å². The number of aliphatic hydroxyl groups excluding tert-OH is 1. The van der Waals surface area contributed by atoms with Gasteiger partial charge in [-0.05, 0) is 109 Å². The fourth-order valence-electron chi connectivity index (χ4n) is 8.16. The van der Waals surface area contributed by atoms with Crippen LogP contribution >= 0.6 is 23.4 Å². The third-order valence-electron chi connectivity index (χ3n) is 11.7. The molecule has 3 heterocycles. The van der Waals surface area contributed by atoms with Gasteiger partial charge in [0, 0.05) is 113 Å². The maximum Gasteiger partial charge on any atom is 0.261 e. The van der Waals surface area contributed by atoms with Gasteiger partial charge in [-0.15, -0.1) is 11.8 Å². The molecule has 0 saturated carbocycles. The number of likely N-dealkylation sites (tertiary alicyclic amines) is 1. The lowest BCUT2D eigenvalue weighted by Crippen LogP contribution is -2.46. The first-order chi connectivity index (χ1) is 30.5. The van der Waals surface area contributed by atoms with E-state index in [-0.39, 0.29) is 21.9 Å². The number of nitrogens with one attached hydrogen (secondary N) is 2. The van der Waals surface area contributed by atoms with Crippen LogP contribution in [0, 0.1) is 0 Å². The van der Waals surface area contributed by atoms with E-state index in [4.69, 9.17) is 16.6 Å². The zero-order valence-electron chi connectivity index (χ0n) is 35.0. The number of hydrogen-bond acceptors (Lipinski definition) is 11. The summed E-state index contributed by atoms with van der Waals surface area (Å²) in [5, 5.41) is 14.1. The summed E-state index contributed by atoms with van der Waals surface area (Å²) in [6, 6.07) is 37.6. The quantitative estimate of drug-likeness (QED) is 0.0638. The van der Waals surface area contributed by atoms with Crippen LogP contribution in [-0.2, 0) is 28.2 Å². The SMILES string of the molecule is Cn1cnc(-c2cccc(N3CCN(c4ccc(NS(=O)(=O)c5ccc(N[C@H](CCN6CCC(O)CC6)CSc6ccccc6)c(S(=O)[O-])c5)cc4)CC3)c2)c1-c1ccc(Cl)cc1. The van der Waals surface area contributed by atoms with Crippen LogP contribution in [-0.4, -0.2) is 100 Å². The van der Waals surface area contributed by atoms with Crippen LogP contribution in [0.5, 0.6) is 0 Å². The molecule has 0 spiro atoms. The lowest BCUT2D eigenvalue weighted by Gasteiger charge is -2.37. The van der Waals surface area contributed by atoms with Crippen LogP contribution in [0.2, 0.25) is 5.02 Å². The zero-order valence-corrected chi connectivity index (χ0v) is 38.2. The number of rotatable bonds is 16. The molecule has 0 radical (unpaired) electrons. The number of piperazine rings is 1. The van der Waals surface area contributed by atoms with E-state index in [0.717, 1.165) is 104 Å². The first-order valence-corrected chi connectivity index (χ1v) is 25.0. The molecule has 0 amide bonds. The molecular weight excluding hydrogens is 874 g/mol. The van der Waals surface area contributed by atoms with E-state index in [9.17, 15) is 22.3 Å². The molecule has 6 aromatic rings. The molecule has 12 nitrogen and oxygen atoms in total. The summed E-state index contributed by atoms with van der Waals surface area (Å²) in [5.74, 6) is 0.673. The lowest BCUT2D eigenvalue weighted by molar-refractivity contribution is 0.0817. The van der Waals surface area contributed by atoms with Gasteiger partial charge in [0.15, 0.2) is 0 Å². The number of aryl methyl sites for hydroxylation is 1. The number of aliphatic hydroxyl groups is 1. The van der Waals surface area contributed by atoms with Gasteiger partial charge in [0.05, 0.1) is 28.7 Å². The topological polar surface area (TPSA) is 146 Å². The second-order valence-electron chi connectivity index (χ2n) is 16.0. The minimum atomic E-state index is -4.12. The Balaban J connectivity index is 0.894. The Morgan fingerprint density at radius 1 is 0.841 bits per heavy atom. The van der Waals surface area contributed by atoms with Gasteiger partial charge in [-0.2, -0.15) is 0 Å². The highest BCUT2D eigenvalue weighted by molar-refractivity contribution is 7.99. The summed E-state index contributed by atoms with van der Waals surface area (Å²) in [6.07, 6.45) is 3.78. The van der Waals surface area contributed by atoms with Gasteiger partial charge >= 0.3 is 0 Å². The highest BCUT2D eigenvalue weighted by Crippen LogP contribution is 2.34. The van der Waals surface area contributed by atoms with Crippen molar-refractivity contribution in [2.45, 2.75) is 46.1 Å². The van der Waals surface area contributed by atoms with Crippen molar-refractivity contribution in [3.05, 3.63) is 133 Å². The summed E-state index contributed by atoms with van der Waals surface area (Å²) in [6.45, 7) is 5.57. The van der Waals surface area contributed by atoms with Gasteiger partial charge in [0.2, 0.25) is 0 Å². The Kier molecular flexibility index (Phi) is 14.4. The molecule has 0 aliphatic carbocycles. The number of anilines is 4. The molecule has 1 unspecified atom stereocenters. The highest BCUT2D eigenvalue weighted by atomic mass is 35.5. The van der Waals surface area contributed by atoms with Crippen LogP contribution in [0.15, 0.2) is 142 Å². The second kappa shape index (κ2) is 20.3. The minimum Gasteiger partial charge on any atom is -0.768 e. The number of thioether (sulfide) groups is 1. The maximum atomic E-state index is 13.7. The zero-order chi connectivity index (χ0) is 43.9. The number of halogens is 1. The number of benzene rings is 5. The fraction of sp³-hybridized carbons (Fsp3) is 0.298. The monoisotopic (exact) mass is 924 g/mol. The summed E-state index contributed by atoms with van der Waals surface area (Å²) in [7, 11) is -2.13. The van der Waals surface area contributed by atoms with Crippen molar-refractivity contribution in [3.8, 4) is 22.5 Å². The molecule has 0 bridgehead atoms. The number of hydrogen-bond donors (Lipinski definition) is 3. The number of nitrogens with zero attached hydrogens (tertiary/aromatic N) is 5. The van der Waals surface area contributed by atoms with Gasteiger partial charge in [0.1, 0.15) is 0 Å². The average Bonchev–Trinajstić information content (AvgIpc) is 3.69. The summed E-state index contributed by atoms with van der Waals surface area (Å²) >= 11 is 5.14. The van der Waals surface area contributed by atoms with E-state index >= 15 is 0 Å². The molecule has 1 aromatic heterocycles. The van der Waals surface area contributed by atoms with Crippen molar-refractivity contribution in [2.75, 3.05) is 71.4 Å². The van der Waals surface area contributed by atoms with Crippen LogP contribution in [0.25, 0.3) is 22.5 Å². The van der Waals surface area contributed by atoms with Crippen molar-refractivity contribution >= 4 is 67.2 Å². The first-order valence-electron chi connectivity index (χ1n) is 21.1. The van der Waals surface area contributed by atoms with E-state index in [1.165, 1.54) is 18.2 Å². The van der Waals surface area contributed by atoms with E-state index < -0.39 is 21.1 Å². The first kappa shape index (κ1) is 44.7. The van der Waals surface area contributed by atoms with Gasteiger partial charge in [0.25, 0.3) is 10.0 Å². The largest absolute Gasteiger partial charge is 0.768 e. The highest BCUT2D eigenvalue weighted by Gasteiger charge is 2.23. The Bertz CT molecular complexity index is 2600. The Morgan fingerprint density at radius 2 is 1.54 bits per heavy atom. The fourth-order valence-corrected chi connectivity index (χ4v) is 11.0. The van der Waals surface area contributed by atoms with Crippen molar-refractivity contribution in [1.82, 2.24) is 14.5 Å². The smallest absolute Gasteiger partial charge is 0.261 e. The van der Waals surface area contributed by atoms with Crippen molar-refractivity contribution in [1.29, 1.82) is 0 Å². The Hall–Kier alpha value is -4.87. The number of piperidine rings is 1. The molecule has 3 N–H and O–H groups in total. The molecule has 2 atom stereocenters. The third-order valence-corrected chi connectivity index (χ3v) is 15.2. The van der Waals surface area contributed by atoms with E-state index in [1.54, 1.807) is 23.9 Å². The van der Waals surface area contributed by atoms with Crippen molar-refractivity contribution in [2.24, 2.45) is 7.05 Å². The molecule has 2 saturated heterocycles. The molecule has 2 aliphatic heterocycles. The predicted molar refractivity (Wildman–Crippen MR) is 255 cm³/mol. The molecule has 16 heteroatoms. The van der Waals surface area contributed by atoms with Crippen LogP contribution < -0.4 is 19.8 Å². The Morgan fingerprint density at radius 3 is 2.24 bits per heavy atom. The lowest BCUT2D eigenvalue weighted by atomic mass is 10.0. The van der Waals surface area contributed by atoms with Gasteiger partial charge < -0.3 is 34.2 Å². The number of aromatic nitrogens is 2. The van der Waals surface area contributed by atoms with Crippen molar-refractivity contribution in [3.63, 3.8) is 0 Å². The van der Waals surface area contributed by atoms with Gasteiger partial charge in [-0.25, -0.2) is 13.4 Å². The second-order valence-corrected chi connectivity index (χ2v) is 20.1. The maximum absolute atomic E-state index is 13.7. The van der Waals surface area contributed by atoms with Crippen LogP contribution in [0.4, 0.5) is 22.7 Å². The molecule has 2 fully saturated rings. The summed E-state index contributed by atoms with van der Waals surface area (Å²) < 4.78 is 57.2. The normalized spacial score (nSPS) is 16.2. The summed E-state index contributed by atoms with van der Waals surface area (Å²) in [5.41, 5.74) is 6.83. The number of sulfonamides is 1. The van der Waals surface area contributed by atoms with E-state index in [2.05, 4.69) is 49.0 Å². The molecule has 8 rings (SSSR count). The standard InChI is InChI=1S/C47H52ClN7O5S3/c1-52-33-49-46(47(52)34-10-12-36(48)13-11-34)35-6-5-7-40(30-35)55-28-26-54(27-29-55)39-16-14-37(15-17-39)51-63(59,60)43-18-19-44(45(31-43)62(57)58)50-38(32-61-42-8-3-2-4-9-42)20-23-53-24-21-41(56)22-25-53/h2-19,30-31,33,38,41,50-51,56H,20-29,32H2,1H3,(H,57,58)/p-1/t38-/m1/s1. The molecular formula is C47H51ClN7O5S3-. The van der Waals surface area contributed by atoms with E-state index in [0.29, 0.717) is 22.2 Å². The van der Waals surface area contributed by atoms with Gasteiger partial charge in [-0.1, -0.05) is 54.1 Å². The Labute approximate surface area is 381 Å². The van der Waals surface area contributed by atoms with Gasteiger partial charge in [-0.3, -0.25) is 8.93 Å². The third kappa shape index (κ3) is 11.3. The van der Waals surface area contributed by atoms with Crippen LogP contribution in [0.1, 0.15) is 19.3 Å². The molecule has 330 valence electrons. The average molecular weight is 926 g/mol. The molecule has 63 heavy (non-hydrogen) atoms. The molecule has 2 aliphatic rings. The number of imidazole rings is 1. The van der Waals surface area contributed by atoms with E-state index in [1.807, 2.05) is 84.7 Å². The van der Waals surface area contributed by atoms with Crippen molar-refractivity contribution < 1.29 is 22.3 Å². The molecule has 5 aromatic carbocycles. The minimum absolute atomic E-state index is 0.107. The summed E-state index contributed by atoms with van der Waals surface area (Å²) in [4.78, 5) is 12.5. The predicted octanol–water partition coefficient (Wildman–Crippen LogP) is 8.19.